The van der Waals surface area contributed by atoms with Crippen LogP contribution in [0.2, 0.25) is 0 Å². The Hall–Kier alpha value is -4.14. The molecule has 0 saturated heterocycles. The van der Waals surface area contributed by atoms with Gasteiger partial charge in [0.2, 0.25) is 12.7 Å². The van der Waals surface area contributed by atoms with Crippen LogP contribution in [0.15, 0.2) is 55.1 Å². The second-order valence-electron chi connectivity index (χ2n) is 11.5. The fourth-order valence-corrected chi connectivity index (χ4v) is 6.70. The zero-order valence-corrected chi connectivity index (χ0v) is 22.8. The Morgan fingerprint density at radius 2 is 1.88 bits per heavy atom. The van der Waals surface area contributed by atoms with Crippen LogP contribution in [0, 0.1) is 12.3 Å². The number of amides is 1. The quantitative estimate of drug-likeness (QED) is 0.300. The number of H-pyrrole nitrogens is 1. The molecule has 8 rings (SSSR count). The van der Waals surface area contributed by atoms with E-state index in [0.29, 0.717) is 6.54 Å². The first-order chi connectivity index (χ1) is 19.5. The van der Waals surface area contributed by atoms with Crippen molar-refractivity contribution < 1.29 is 14.3 Å². The monoisotopic (exact) mass is 538 g/mol. The van der Waals surface area contributed by atoms with Crippen LogP contribution in [0.4, 0.5) is 0 Å². The zero-order chi connectivity index (χ0) is 27.2. The Morgan fingerprint density at radius 3 is 2.65 bits per heavy atom. The van der Waals surface area contributed by atoms with Gasteiger partial charge in [0.05, 0.1) is 23.4 Å². The summed E-state index contributed by atoms with van der Waals surface area (Å²) in [5, 5.41) is 3.24. The van der Waals surface area contributed by atoms with E-state index < -0.39 is 0 Å². The molecule has 0 spiro atoms. The van der Waals surface area contributed by atoms with Crippen LogP contribution in [0.3, 0.4) is 0 Å². The van der Waals surface area contributed by atoms with Crippen LogP contribution in [-0.4, -0.2) is 43.7 Å². The highest BCUT2D eigenvalue weighted by atomic mass is 16.7. The maximum Gasteiger partial charge on any atom is 0.231 e. The Morgan fingerprint density at radius 1 is 1.05 bits per heavy atom. The predicted octanol–water partition coefficient (Wildman–Crippen LogP) is 5.17. The van der Waals surface area contributed by atoms with E-state index in [4.69, 9.17) is 19.4 Å². The molecule has 3 fully saturated rings. The summed E-state index contributed by atoms with van der Waals surface area (Å²) in [5.74, 6) is 2.72. The number of hydrogen-bond donors (Lipinski definition) is 2. The van der Waals surface area contributed by atoms with Gasteiger partial charge in [0, 0.05) is 47.6 Å². The molecular weight excluding hydrogens is 504 g/mol. The van der Waals surface area contributed by atoms with Crippen LogP contribution < -0.4 is 14.8 Å². The average Bonchev–Trinajstić information content (AvgIpc) is 3.77. The van der Waals surface area contributed by atoms with Gasteiger partial charge in [-0.3, -0.25) is 9.78 Å². The van der Waals surface area contributed by atoms with Crippen molar-refractivity contribution in [1.29, 1.82) is 0 Å². The largest absolute Gasteiger partial charge is 0.454 e. The number of carbonyl (C=O) groups is 1. The molecule has 4 aromatic rings. The average molecular weight is 539 g/mol. The van der Waals surface area contributed by atoms with E-state index >= 15 is 0 Å². The van der Waals surface area contributed by atoms with Gasteiger partial charge in [-0.2, -0.15) is 0 Å². The maximum absolute atomic E-state index is 13.3. The van der Waals surface area contributed by atoms with Crippen molar-refractivity contribution in [2.24, 2.45) is 5.41 Å². The van der Waals surface area contributed by atoms with Gasteiger partial charge in [-0.25, -0.2) is 9.97 Å². The van der Waals surface area contributed by atoms with E-state index in [1.807, 2.05) is 60.4 Å². The van der Waals surface area contributed by atoms with E-state index in [1.165, 1.54) is 0 Å². The van der Waals surface area contributed by atoms with Crippen molar-refractivity contribution in [3.63, 3.8) is 0 Å². The molecule has 3 aliphatic carbocycles. The number of aryl methyl sites for hydroxylation is 2. The molecule has 0 atom stereocenters. The van der Waals surface area contributed by atoms with Crippen LogP contribution in [-0.2, 0) is 16.8 Å². The first-order valence-electron chi connectivity index (χ1n) is 14.2. The minimum atomic E-state index is -0.259. The van der Waals surface area contributed by atoms with Gasteiger partial charge in [0.1, 0.15) is 5.82 Å². The molecule has 2 N–H and O–H groups in total. The number of pyridine rings is 1. The molecule has 4 heterocycles. The summed E-state index contributed by atoms with van der Waals surface area (Å²) in [6, 6.07) is 12.1. The van der Waals surface area contributed by atoms with E-state index in [2.05, 4.69) is 15.3 Å². The van der Waals surface area contributed by atoms with Crippen molar-refractivity contribution in [1.82, 2.24) is 29.8 Å². The number of rotatable bonds is 8. The summed E-state index contributed by atoms with van der Waals surface area (Å²) < 4.78 is 13.2. The number of aromatic amines is 1. The van der Waals surface area contributed by atoms with Crippen molar-refractivity contribution >= 4 is 5.91 Å². The van der Waals surface area contributed by atoms with Crippen LogP contribution in [0.1, 0.15) is 56.5 Å². The maximum atomic E-state index is 13.3. The van der Waals surface area contributed by atoms with Gasteiger partial charge >= 0.3 is 0 Å². The summed E-state index contributed by atoms with van der Waals surface area (Å²) in [4.78, 5) is 31.2. The fraction of sp³-hybridized carbons (Fsp3) is 0.419. The standard InChI is InChI=1S/C31H34N6O3/c1-21-4-2-5-23(34-21)27-26(22-6-7-24-25(18-22)40-20-39-24)35-28(36-27)30-8-11-31(12-9-30,13-10-30)29(38)33-14-3-16-37-17-15-32-19-37/h2,4-7,15,17-19H,3,8-14,16,20H2,1H3,(H,33,38)(H,35,36). The number of imidazole rings is 2. The molecule has 1 aliphatic heterocycles. The molecule has 1 amide bonds. The number of fused-ring (bicyclic) bond motifs is 4. The first-order valence-corrected chi connectivity index (χ1v) is 14.2. The summed E-state index contributed by atoms with van der Waals surface area (Å²) in [7, 11) is 0. The van der Waals surface area contributed by atoms with Crippen molar-refractivity contribution in [3.05, 3.63) is 66.6 Å². The smallest absolute Gasteiger partial charge is 0.231 e. The Labute approximate surface area is 233 Å². The number of aromatic nitrogens is 5. The van der Waals surface area contributed by atoms with Crippen LogP contribution in [0.5, 0.6) is 11.5 Å². The molecule has 0 radical (unpaired) electrons. The third kappa shape index (κ3) is 4.33. The van der Waals surface area contributed by atoms with Gasteiger partial charge in [-0.05, 0) is 82.2 Å². The topological polar surface area (TPSA) is 107 Å². The van der Waals surface area contributed by atoms with Gasteiger partial charge in [0.15, 0.2) is 11.5 Å². The van der Waals surface area contributed by atoms with Crippen LogP contribution in [0.25, 0.3) is 22.6 Å². The minimum Gasteiger partial charge on any atom is -0.454 e. The molecule has 3 aromatic heterocycles. The lowest BCUT2D eigenvalue weighted by molar-refractivity contribution is -0.138. The van der Waals surface area contributed by atoms with E-state index in [-0.39, 0.29) is 23.5 Å². The van der Waals surface area contributed by atoms with Crippen molar-refractivity contribution in [2.75, 3.05) is 13.3 Å². The number of nitrogens with zero attached hydrogens (tertiary/aromatic N) is 4. The van der Waals surface area contributed by atoms with E-state index in [1.54, 1.807) is 6.20 Å². The molecule has 2 bridgehead atoms. The highest BCUT2D eigenvalue weighted by Gasteiger charge is 2.54. The molecule has 9 nitrogen and oxygen atoms in total. The molecule has 206 valence electrons. The van der Waals surface area contributed by atoms with Crippen molar-refractivity contribution in [2.45, 2.75) is 63.8 Å². The van der Waals surface area contributed by atoms with E-state index in [0.717, 1.165) is 97.2 Å². The number of hydrogen-bond acceptors (Lipinski definition) is 6. The van der Waals surface area contributed by atoms with Gasteiger partial charge in [-0.1, -0.05) is 6.07 Å². The SMILES string of the molecule is Cc1cccc(-c2[nH]c(C34CCC(C(=O)NCCCn5ccnc5)(CC3)CC4)nc2-c2ccc3c(c2)OCO3)n1. The molecule has 4 aliphatic rings. The van der Waals surface area contributed by atoms with Gasteiger partial charge in [-0.15, -0.1) is 0 Å². The highest BCUT2D eigenvalue weighted by Crippen LogP contribution is 2.57. The number of nitrogens with one attached hydrogen (secondary N) is 2. The summed E-state index contributed by atoms with van der Waals surface area (Å²) in [6.45, 7) is 3.79. The number of ether oxygens (including phenoxy) is 2. The second kappa shape index (κ2) is 9.80. The highest BCUT2D eigenvalue weighted by molar-refractivity contribution is 5.83. The summed E-state index contributed by atoms with van der Waals surface area (Å²) in [6.07, 6.45) is 12.0. The predicted molar refractivity (Wildman–Crippen MR) is 150 cm³/mol. The summed E-state index contributed by atoms with van der Waals surface area (Å²) in [5.41, 5.74) is 4.28. The normalized spacial score (nSPS) is 22.9. The lowest BCUT2D eigenvalue weighted by Crippen LogP contribution is -2.52. The molecule has 3 saturated carbocycles. The molecule has 9 heteroatoms. The summed E-state index contributed by atoms with van der Waals surface area (Å²) >= 11 is 0. The van der Waals surface area contributed by atoms with Gasteiger partial charge < -0.3 is 24.3 Å². The molecule has 0 unspecified atom stereocenters. The Kier molecular flexibility index (Phi) is 6.09. The molecule has 1 aromatic carbocycles. The zero-order valence-electron chi connectivity index (χ0n) is 22.8. The Bertz CT molecular complexity index is 1520. The second-order valence-corrected chi connectivity index (χ2v) is 11.5. The number of benzene rings is 1. The fourth-order valence-electron chi connectivity index (χ4n) is 6.70. The molecule has 40 heavy (non-hydrogen) atoms. The lowest BCUT2D eigenvalue weighted by atomic mass is 9.53. The number of carbonyl (C=O) groups excluding carboxylic acids is 1. The minimum absolute atomic E-state index is 0.0589. The van der Waals surface area contributed by atoms with E-state index in [9.17, 15) is 4.79 Å². The lowest BCUT2D eigenvalue weighted by Gasteiger charge is -2.51. The third-order valence-corrected chi connectivity index (χ3v) is 9.16. The third-order valence-electron chi connectivity index (χ3n) is 9.16. The molecular formula is C31H34N6O3. The van der Waals surface area contributed by atoms with Crippen LogP contribution >= 0.6 is 0 Å². The first kappa shape index (κ1) is 24.9. The van der Waals surface area contributed by atoms with Gasteiger partial charge in [0.25, 0.3) is 0 Å². The van der Waals surface area contributed by atoms with Crippen molar-refractivity contribution in [3.8, 4) is 34.1 Å². The Balaban J connectivity index is 1.12.